The van der Waals surface area contributed by atoms with Crippen LogP contribution in [0.25, 0.3) is 10.6 Å². The normalized spacial score (nSPS) is 15.4. The number of carbonyl (C=O) groups excluding carboxylic acids is 2. The van der Waals surface area contributed by atoms with Crippen LogP contribution in [0.1, 0.15) is 29.9 Å². The van der Waals surface area contributed by atoms with Gasteiger partial charge in [-0.25, -0.2) is 9.37 Å². The summed E-state index contributed by atoms with van der Waals surface area (Å²) in [4.78, 5) is 34.6. The number of halogens is 1. The molecule has 0 radical (unpaired) electrons. The van der Waals surface area contributed by atoms with Crippen molar-refractivity contribution in [2.24, 2.45) is 5.92 Å². The molecule has 0 bridgehead atoms. The summed E-state index contributed by atoms with van der Waals surface area (Å²) in [6, 6.07) is 15.2. The number of aromatic nitrogens is 1. The smallest absolute Gasteiger partial charge is 0.254 e. The number of nitrogens with one attached hydrogen (secondary N) is 1. The molecular formula is C26H29FN4O2S. The van der Waals surface area contributed by atoms with E-state index in [4.69, 9.17) is 4.98 Å². The molecule has 1 aliphatic heterocycles. The summed E-state index contributed by atoms with van der Waals surface area (Å²) in [5.41, 5.74) is 2.09. The van der Waals surface area contributed by atoms with Gasteiger partial charge in [0.15, 0.2) is 0 Å². The average molecular weight is 481 g/mol. The average Bonchev–Trinajstić information content (AvgIpc) is 3.31. The summed E-state index contributed by atoms with van der Waals surface area (Å²) in [7, 11) is 0. The minimum Gasteiger partial charge on any atom is -0.340 e. The highest BCUT2D eigenvalue weighted by Gasteiger charge is 2.31. The number of hydrogen-bond donors (Lipinski definition) is 1. The van der Waals surface area contributed by atoms with Gasteiger partial charge < -0.3 is 10.2 Å². The largest absolute Gasteiger partial charge is 0.340 e. The molecule has 1 N–H and O–H groups in total. The molecule has 2 aromatic carbocycles. The highest BCUT2D eigenvalue weighted by Crippen LogP contribution is 2.24. The molecule has 8 heteroatoms. The molecule has 2 amide bonds. The van der Waals surface area contributed by atoms with Crippen LogP contribution in [-0.2, 0) is 11.3 Å². The Labute approximate surface area is 203 Å². The van der Waals surface area contributed by atoms with Crippen molar-refractivity contribution in [1.82, 2.24) is 20.1 Å². The van der Waals surface area contributed by atoms with E-state index in [9.17, 15) is 14.0 Å². The van der Waals surface area contributed by atoms with Crippen molar-refractivity contribution in [3.05, 3.63) is 77.1 Å². The second kappa shape index (κ2) is 10.9. The molecule has 1 atom stereocenters. The Bertz CT molecular complexity index is 1130. The topological polar surface area (TPSA) is 65.5 Å². The summed E-state index contributed by atoms with van der Waals surface area (Å²) in [5, 5.41) is 5.85. The van der Waals surface area contributed by atoms with E-state index in [1.165, 1.54) is 18.2 Å². The lowest BCUT2D eigenvalue weighted by molar-refractivity contribution is -0.136. The lowest BCUT2D eigenvalue weighted by Crippen LogP contribution is -2.56. The summed E-state index contributed by atoms with van der Waals surface area (Å²) in [6.07, 6.45) is 0. The Morgan fingerprint density at radius 1 is 1.03 bits per heavy atom. The highest BCUT2D eigenvalue weighted by atomic mass is 32.1. The molecule has 4 rings (SSSR count). The van der Waals surface area contributed by atoms with Crippen LogP contribution in [0.4, 0.5) is 4.39 Å². The van der Waals surface area contributed by atoms with Gasteiger partial charge in [0.25, 0.3) is 5.91 Å². The predicted octanol–water partition coefficient (Wildman–Crippen LogP) is 4.05. The van der Waals surface area contributed by atoms with Gasteiger partial charge in [-0.05, 0) is 18.1 Å². The first-order chi connectivity index (χ1) is 16.4. The Morgan fingerprint density at radius 2 is 1.71 bits per heavy atom. The van der Waals surface area contributed by atoms with Gasteiger partial charge in [0.1, 0.15) is 16.9 Å². The van der Waals surface area contributed by atoms with Gasteiger partial charge in [0, 0.05) is 43.7 Å². The van der Waals surface area contributed by atoms with E-state index in [0.717, 1.165) is 35.9 Å². The monoisotopic (exact) mass is 480 g/mol. The van der Waals surface area contributed by atoms with Gasteiger partial charge in [-0.15, -0.1) is 11.3 Å². The van der Waals surface area contributed by atoms with Gasteiger partial charge in [0.05, 0.1) is 11.3 Å². The van der Waals surface area contributed by atoms with E-state index in [0.29, 0.717) is 13.1 Å². The van der Waals surface area contributed by atoms with Gasteiger partial charge in [-0.2, -0.15) is 0 Å². The number of hydrogen-bond acceptors (Lipinski definition) is 5. The van der Waals surface area contributed by atoms with Crippen molar-refractivity contribution in [1.29, 1.82) is 0 Å². The van der Waals surface area contributed by atoms with Crippen LogP contribution in [0.5, 0.6) is 0 Å². The fraction of sp³-hybridized carbons (Fsp3) is 0.346. The van der Waals surface area contributed by atoms with E-state index < -0.39 is 17.8 Å². The molecule has 34 heavy (non-hydrogen) atoms. The maximum atomic E-state index is 14.0. The third kappa shape index (κ3) is 5.69. The first kappa shape index (κ1) is 24.0. The molecule has 1 fully saturated rings. The molecule has 1 aromatic heterocycles. The van der Waals surface area contributed by atoms with E-state index in [1.54, 1.807) is 22.3 Å². The second-order valence-corrected chi connectivity index (χ2v) is 9.64. The molecule has 1 aliphatic rings. The molecule has 0 saturated carbocycles. The number of amides is 2. The van der Waals surface area contributed by atoms with Crippen LogP contribution < -0.4 is 5.32 Å². The lowest BCUT2D eigenvalue weighted by Gasteiger charge is -2.37. The Hall–Kier alpha value is -3.10. The first-order valence-electron chi connectivity index (χ1n) is 11.5. The maximum absolute atomic E-state index is 14.0. The fourth-order valence-electron chi connectivity index (χ4n) is 4.02. The minimum absolute atomic E-state index is 0.0519. The van der Waals surface area contributed by atoms with Crippen LogP contribution in [0, 0.1) is 11.7 Å². The second-order valence-electron chi connectivity index (χ2n) is 8.79. The number of rotatable bonds is 7. The number of benzene rings is 2. The maximum Gasteiger partial charge on any atom is 0.254 e. The summed E-state index contributed by atoms with van der Waals surface area (Å²) in [5.74, 6) is -1.41. The summed E-state index contributed by atoms with van der Waals surface area (Å²) in [6.45, 7) is 7.12. The summed E-state index contributed by atoms with van der Waals surface area (Å²) >= 11 is 1.64. The van der Waals surface area contributed by atoms with E-state index >= 15 is 0 Å². The van der Waals surface area contributed by atoms with Crippen LogP contribution >= 0.6 is 11.3 Å². The van der Waals surface area contributed by atoms with Crippen molar-refractivity contribution in [2.45, 2.75) is 26.4 Å². The quantitative estimate of drug-likeness (QED) is 0.554. The highest BCUT2D eigenvalue weighted by molar-refractivity contribution is 7.13. The van der Waals surface area contributed by atoms with Gasteiger partial charge in [-0.1, -0.05) is 56.3 Å². The van der Waals surface area contributed by atoms with Crippen molar-refractivity contribution in [2.75, 3.05) is 26.2 Å². The molecule has 3 aromatic rings. The zero-order valence-electron chi connectivity index (χ0n) is 19.4. The van der Waals surface area contributed by atoms with Crippen LogP contribution in [0.3, 0.4) is 0 Å². The molecule has 2 heterocycles. The molecule has 1 unspecified atom stereocenters. The van der Waals surface area contributed by atoms with Gasteiger partial charge in [-0.3, -0.25) is 14.5 Å². The fourth-order valence-corrected chi connectivity index (χ4v) is 4.84. The van der Waals surface area contributed by atoms with Crippen LogP contribution in [0.2, 0.25) is 0 Å². The SMILES string of the molecule is CC(C)C(NC(=O)c1ccccc1F)C(=O)N1CCN(Cc2csc(-c3ccccc3)n2)CC1. The third-order valence-electron chi connectivity index (χ3n) is 5.98. The zero-order chi connectivity index (χ0) is 24.1. The van der Waals surface area contributed by atoms with E-state index in [2.05, 4.69) is 27.7 Å². The standard InChI is InChI=1S/C26H29FN4O2S/c1-18(2)23(29-24(32)21-10-6-7-11-22(21)27)26(33)31-14-12-30(13-15-31)16-20-17-34-25(28-20)19-8-4-3-5-9-19/h3-11,17-18,23H,12-16H2,1-2H3,(H,29,32). The van der Waals surface area contributed by atoms with Gasteiger partial charge in [0.2, 0.25) is 5.91 Å². The number of carbonyl (C=O) groups is 2. The third-order valence-corrected chi connectivity index (χ3v) is 6.92. The number of piperazine rings is 1. The van der Waals surface area contributed by atoms with Crippen molar-refractivity contribution in [3.8, 4) is 10.6 Å². The van der Waals surface area contributed by atoms with Gasteiger partial charge >= 0.3 is 0 Å². The Kier molecular flexibility index (Phi) is 7.70. The number of nitrogens with zero attached hydrogens (tertiary/aromatic N) is 3. The predicted molar refractivity (Wildman–Crippen MR) is 132 cm³/mol. The molecular weight excluding hydrogens is 451 g/mol. The molecule has 6 nitrogen and oxygen atoms in total. The van der Waals surface area contributed by atoms with Crippen LogP contribution in [0.15, 0.2) is 60.0 Å². The van der Waals surface area contributed by atoms with E-state index in [1.807, 2.05) is 32.0 Å². The summed E-state index contributed by atoms with van der Waals surface area (Å²) < 4.78 is 14.0. The first-order valence-corrected chi connectivity index (χ1v) is 12.4. The minimum atomic E-state index is -0.703. The molecule has 0 aliphatic carbocycles. The van der Waals surface area contributed by atoms with Crippen LogP contribution in [-0.4, -0.2) is 58.8 Å². The molecule has 1 saturated heterocycles. The van der Waals surface area contributed by atoms with Crippen molar-refractivity contribution >= 4 is 23.2 Å². The molecule has 0 spiro atoms. The molecule has 178 valence electrons. The number of thiazole rings is 1. The Balaban J connectivity index is 1.32. The van der Waals surface area contributed by atoms with E-state index in [-0.39, 0.29) is 17.4 Å². The Morgan fingerprint density at radius 3 is 2.38 bits per heavy atom. The lowest BCUT2D eigenvalue weighted by atomic mass is 10.0. The zero-order valence-corrected chi connectivity index (χ0v) is 20.2. The van der Waals surface area contributed by atoms with Crippen molar-refractivity contribution < 1.29 is 14.0 Å². The van der Waals surface area contributed by atoms with Crippen molar-refractivity contribution in [3.63, 3.8) is 0 Å².